The van der Waals surface area contributed by atoms with Gasteiger partial charge in [-0.2, -0.15) is 16.9 Å². The zero-order chi connectivity index (χ0) is 29.1. The highest BCUT2D eigenvalue weighted by molar-refractivity contribution is 7.98. The van der Waals surface area contributed by atoms with Gasteiger partial charge in [0.15, 0.2) is 11.6 Å². The zero-order valence-corrected chi connectivity index (χ0v) is 25.3. The summed E-state index contributed by atoms with van der Waals surface area (Å²) in [5.41, 5.74) is 2.07. The third-order valence-electron chi connectivity index (χ3n) is 6.91. The molecule has 40 heavy (non-hydrogen) atoms. The van der Waals surface area contributed by atoms with Crippen LogP contribution in [0.5, 0.6) is 0 Å². The molecule has 1 aromatic carbocycles. The molecule has 3 amide bonds. The van der Waals surface area contributed by atoms with E-state index in [0.717, 1.165) is 11.3 Å². The van der Waals surface area contributed by atoms with E-state index in [1.807, 2.05) is 73.9 Å². The maximum Gasteiger partial charge on any atom is 0.243 e. The second-order valence-electron chi connectivity index (χ2n) is 10.8. The molecule has 9 nitrogen and oxygen atoms in total. The lowest BCUT2D eigenvalue weighted by molar-refractivity contribution is -0.132. The first-order valence-electron chi connectivity index (χ1n) is 14.2. The van der Waals surface area contributed by atoms with Crippen LogP contribution >= 0.6 is 11.8 Å². The smallest absolute Gasteiger partial charge is 0.243 e. The van der Waals surface area contributed by atoms with Gasteiger partial charge >= 0.3 is 0 Å². The van der Waals surface area contributed by atoms with Crippen molar-refractivity contribution in [3.63, 3.8) is 0 Å². The standard InChI is InChI=1S/C30H44N6O3S/c1-21(2)11-9-15-26(38)35-17-10-14-25(37)31-24(16-20-40-5)30(39)32-27(22(3)4)29-33-28(34-36(29)19-18-35)23-12-7-6-8-13-23/h6-8,11-13,22,24,27H,9-10,14-20H2,1-5H3,(H,31,37)(H,32,39)/t24-,27+/m0/s1. The van der Waals surface area contributed by atoms with Crippen LogP contribution in [0.4, 0.5) is 0 Å². The number of amides is 3. The molecule has 0 saturated heterocycles. The van der Waals surface area contributed by atoms with Crippen LogP contribution < -0.4 is 10.6 Å². The van der Waals surface area contributed by atoms with Crippen molar-refractivity contribution in [2.45, 2.75) is 78.4 Å². The first kappa shape index (κ1) is 31.4. The van der Waals surface area contributed by atoms with E-state index in [-0.39, 0.29) is 30.1 Å². The largest absolute Gasteiger partial charge is 0.344 e. The number of hydrogen-bond acceptors (Lipinski definition) is 6. The molecule has 2 heterocycles. The number of benzene rings is 1. The highest BCUT2D eigenvalue weighted by atomic mass is 32.2. The zero-order valence-electron chi connectivity index (χ0n) is 24.5. The molecular formula is C30H44N6O3S. The van der Waals surface area contributed by atoms with Gasteiger partial charge in [-0.05, 0) is 51.0 Å². The summed E-state index contributed by atoms with van der Waals surface area (Å²) in [6.07, 6.45) is 6.45. The van der Waals surface area contributed by atoms with Crippen molar-refractivity contribution in [1.29, 1.82) is 0 Å². The summed E-state index contributed by atoms with van der Waals surface area (Å²) >= 11 is 1.64. The van der Waals surface area contributed by atoms with E-state index in [0.29, 0.717) is 57.0 Å². The molecule has 2 atom stereocenters. The van der Waals surface area contributed by atoms with Crippen LogP contribution in [0.15, 0.2) is 42.0 Å². The summed E-state index contributed by atoms with van der Waals surface area (Å²) in [5, 5.41) is 11.0. The quantitative estimate of drug-likeness (QED) is 0.458. The van der Waals surface area contributed by atoms with E-state index in [4.69, 9.17) is 10.1 Å². The third-order valence-corrected chi connectivity index (χ3v) is 7.56. The Morgan fingerprint density at radius 1 is 1.12 bits per heavy atom. The minimum Gasteiger partial charge on any atom is -0.344 e. The maximum absolute atomic E-state index is 13.5. The Hall–Kier alpha value is -3.14. The number of fused-ring (bicyclic) bond motifs is 1. The minimum atomic E-state index is -0.643. The van der Waals surface area contributed by atoms with E-state index in [9.17, 15) is 14.4 Å². The van der Waals surface area contributed by atoms with Gasteiger partial charge in [0.1, 0.15) is 6.04 Å². The Labute approximate surface area is 242 Å². The van der Waals surface area contributed by atoms with Gasteiger partial charge in [0, 0.05) is 31.5 Å². The predicted molar refractivity (Wildman–Crippen MR) is 161 cm³/mol. The summed E-state index contributed by atoms with van der Waals surface area (Å²) in [6, 6.07) is 8.69. The monoisotopic (exact) mass is 568 g/mol. The molecule has 218 valence electrons. The van der Waals surface area contributed by atoms with Gasteiger partial charge in [-0.15, -0.1) is 0 Å². The molecule has 0 unspecified atom stereocenters. The van der Waals surface area contributed by atoms with Crippen LogP contribution in [-0.4, -0.2) is 68.5 Å². The number of thioether (sulfide) groups is 1. The van der Waals surface area contributed by atoms with Crippen molar-refractivity contribution in [2.24, 2.45) is 5.92 Å². The fraction of sp³-hybridized carbons (Fsp3) is 0.567. The normalized spacial score (nSPS) is 18.9. The van der Waals surface area contributed by atoms with Gasteiger partial charge < -0.3 is 15.5 Å². The molecule has 1 aromatic heterocycles. The van der Waals surface area contributed by atoms with E-state index >= 15 is 0 Å². The number of carbonyl (C=O) groups is 3. The summed E-state index contributed by atoms with van der Waals surface area (Å²) in [4.78, 5) is 46.3. The molecule has 0 bridgehead atoms. The van der Waals surface area contributed by atoms with E-state index in [2.05, 4.69) is 16.7 Å². The summed E-state index contributed by atoms with van der Waals surface area (Å²) in [6.45, 7) is 9.45. The second-order valence-corrected chi connectivity index (χ2v) is 11.8. The average molecular weight is 569 g/mol. The van der Waals surface area contributed by atoms with Crippen LogP contribution in [0.2, 0.25) is 0 Å². The fourth-order valence-electron chi connectivity index (χ4n) is 4.66. The van der Waals surface area contributed by atoms with Crippen molar-refractivity contribution >= 4 is 29.5 Å². The van der Waals surface area contributed by atoms with E-state index in [1.54, 1.807) is 11.8 Å². The molecule has 0 aliphatic carbocycles. The van der Waals surface area contributed by atoms with Gasteiger partial charge in [-0.25, -0.2) is 9.67 Å². The van der Waals surface area contributed by atoms with Gasteiger partial charge in [-0.1, -0.05) is 55.8 Å². The molecule has 0 radical (unpaired) electrons. The molecule has 0 spiro atoms. The lowest BCUT2D eigenvalue weighted by atomic mass is 10.0. The van der Waals surface area contributed by atoms with Crippen molar-refractivity contribution in [3.05, 3.63) is 47.8 Å². The number of aromatic nitrogens is 3. The topological polar surface area (TPSA) is 109 Å². The molecule has 1 aliphatic heterocycles. The first-order chi connectivity index (χ1) is 19.2. The molecule has 3 rings (SSSR count). The summed E-state index contributed by atoms with van der Waals surface area (Å²) in [5.74, 6) is 1.65. The number of hydrogen-bond donors (Lipinski definition) is 2. The third kappa shape index (κ3) is 9.21. The minimum absolute atomic E-state index is 0.0159. The van der Waals surface area contributed by atoms with E-state index < -0.39 is 12.1 Å². The lowest BCUT2D eigenvalue weighted by Crippen LogP contribution is -2.49. The Morgan fingerprint density at radius 2 is 1.88 bits per heavy atom. The molecule has 2 aromatic rings. The summed E-state index contributed by atoms with van der Waals surface area (Å²) in [7, 11) is 0. The van der Waals surface area contributed by atoms with E-state index in [1.165, 1.54) is 5.57 Å². The van der Waals surface area contributed by atoms with Crippen LogP contribution in [0.3, 0.4) is 0 Å². The highest BCUT2D eigenvalue weighted by Gasteiger charge is 2.30. The van der Waals surface area contributed by atoms with Crippen LogP contribution in [-0.2, 0) is 20.9 Å². The predicted octanol–water partition coefficient (Wildman–Crippen LogP) is 4.37. The number of carbonyl (C=O) groups excluding carboxylic acids is 3. The lowest BCUT2D eigenvalue weighted by Gasteiger charge is -2.28. The molecule has 10 heteroatoms. The fourth-order valence-corrected chi connectivity index (χ4v) is 5.13. The van der Waals surface area contributed by atoms with Gasteiger partial charge in [0.2, 0.25) is 17.7 Å². The van der Waals surface area contributed by atoms with Gasteiger partial charge in [0.25, 0.3) is 0 Å². The first-order valence-corrected chi connectivity index (χ1v) is 15.6. The number of allylic oxidation sites excluding steroid dienone is 2. The van der Waals surface area contributed by atoms with Gasteiger partial charge in [0.05, 0.1) is 12.6 Å². The molecule has 0 saturated carbocycles. The SMILES string of the molecule is CSCC[C@@H]1NC(=O)CCCN(C(=O)CCC=C(C)C)CCn2nc(-c3ccccc3)nc2[C@@H](C(C)C)NC1=O. The maximum atomic E-state index is 13.5. The highest BCUT2D eigenvalue weighted by Crippen LogP contribution is 2.25. The van der Waals surface area contributed by atoms with Crippen LogP contribution in [0, 0.1) is 5.92 Å². The van der Waals surface area contributed by atoms with Crippen LogP contribution in [0.1, 0.15) is 71.7 Å². The van der Waals surface area contributed by atoms with Crippen molar-refractivity contribution in [1.82, 2.24) is 30.3 Å². The number of nitrogens with one attached hydrogen (secondary N) is 2. The molecule has 1 aliphatic rings. The number of nitrogens with zero attached hydrogens (tertiary/aromatic N) is 4. The average Bonchev–Trinajstić information content (AvgIpc) is 3.34. The Bertz CT molecular complexity index is 1160. The van der Waals surface area contributed by atoms with Crippen LogP contribution in [0.25, 0.3) is 11.4 Å². The second kappa shape index (κ2) is 15.6. The van der Waals surface area contributed by atoms with Crippen molar-refractivity contribution in [2.75, 3.05) is 25.1 Å². The molecular weight excluding hydrogens is 524 g/mol. The Morgan fingerprint density at radius 3 is 2.55 bits per heavy atom. The van der Waals surface area contributed by atoms with Crippen molar-refractivity contribution in [3.8, 4) is 11.4 Å². The molecule has 0 fully saturated rings. The Kier molecular flexibility index (Phi) is 12.2. The van der Waals surface area contributed by atoms with Gasteiger partial charge in [-0.3, -0.25) is 14.4 Å². The van der Waals surface area contributed by atoms with Crippen molar-refractivity contribution < 1.29 is 14.4 Å². The Balaban J connectivity index is 1.99. The summed E-state index contributed by atoms with van der Waals surface area (Å²) < 4.78 is 1.84. The number of rotatable bonds is 8. The molecule has 2 N–H and O–H groups in total.